The number of rotatable bonds is 2. The van der Waals surface area contributed by atoms with Crippen LogP contribution in [0.15, 0.2) is 49.1 Å². The quantitative estimate of drug-likeness (QED) is 0.548. The topological polar surface area (TPSA) is 0 Å². The molecule has 0 saturated carbocycles. The summed E-state index contributed by atoms with van der Waals surface area (Å²) in [6.07, 6.45) is 20.9. The average molecular weight is 190 g/mol. The van der Waals surface area contributed by atoms with Gasteiger partial charge in [0.25, 0.3) is 0 Å². The molecular formula is C14H22. The van der Waals surface area contributed by atoms with Crippen molar-refractivity contribution in [3.63, 3.8) is 0 Å². The highest BCUT2D eigenvalue weighted by Gasteiger charge is 1.84. The normalized spacial score (nSPS) is 15.5. The molecule has 0 heteroatoms. The van der Waals surface area contributed by atoms with Gasteiger partial charge in [0.05, 0.1) is 0 Å². The van der Waals surface area contributed by atoms with E-state index in [1.54, 1.807) is 0 Å². The van der Waals surface area contributed by atoms with Gasteiger partial charge < -0.3 is 0 Å². The van der Waals surface area contributed by atoms with Crippen LogP contribution >= 0.6 is 0 Å². The van der Waals surface area contributed by atoms with Gasteiger partial charge in [0.2, 0.25) is 0 Å². The van der Waals surface area contributed by atoms with Crippen LogP contribution < -0.4 is 0 Å². The first-order chi connectivity index (χ1) is 6.91. The van der Waals surface area contributed by atoms with Gasteiger partial charge in [-0.05, 0) is 39.0 Å². The van der Waals surface area contributed by atoms with Crippen molar-refractivity contribution in [2.75, 3.05) is 0 Å². The van der Waals surface area contributed by atoms with E-state index in [9.17, 15) is 0 Å². The zero-order valence-corrected chi connectivity index (χ0v) is 9.28. The first-order valence-electron chi connectivity index (χ1n) is 5.45. The van der Waals surface area contributed by atoms with E-state index < -0.39 is 0 Å². The van der Waals surface area contributed by atoms with Gasteiger partial charge in [0.1, 0.15) is 0 Å². The van der Waals surface area contributed by atoms with Crippen LogP contribution in [0, 0.1) is 0 Å². The molecule has 0 aromatic heterocycles. The molecule has 0 amide bonds. The Hall–Kier alpha value is -1.04. The second-order valence-electron chi connectivity index (χ2n) is 3.23. The van der Waals surface area contributed by atoms with Crippen LogP contribution in [0.2, 0.25) is 0 Å². The lowest BCUT2D eigenvalue weighted by molar-refractivity contribution is 0.758. The fourth-order valence-electron chi connectivity index (χ4n) is 1.11. The third kappa shape index (κ3) is 11.0. The minimum absolute atomic E-state index is 0.997. The maximum absolute atomic E-state index is 3.55. The standard InChI is InChI=1S/C8H12.C6H10/c1-2-4-6-8-7-5-3-1;1-3-5-6-4-2/h1-4H,5-8H2;3-4,6H,1,5H2,2H3. The molecule has 0 aromatic carbocycles. The maximum Gasteiger partial charge on any atom is -0.0172 e. The molecule has 0 radical (unpaired) electrons. The second kappa shape index (κ2) is 12.0. The summed E-state index contributed by atoms with van der Waals surface area (Å²) in [5.41, 5.74) is 0. The third-order valence-corrected chi connectivity index (χ3v) is 1.91. The van der Waals surface area contributed by atoms with Crippen molar-refractivity contribution in [2.24, 2.45) is 0 Å². The predicted molar refractivity (Wildman–Crippen MR) is 66.4 cm³/mol. The van der Waals surface area contributed by atoms with E-state index in [-0.39, 0.29) is 0 Å². The molecule has 0 atom stereocenters. The van der Waals surface area contributed by atoms with E-state index in [0.717, 1.165) is 6.42 Å². The van der Waals surface area contributed by atoms with E-state index in [1.807, 2.05) is 19.1 Å². The van der Waals surface area contributed by atoms with Crippen LogP contribution in [0.5, 0.6) is 0 Å². The Morgan fingerprint density at radius 1 is 1.14 bits per heavy atom. The first kappa shape index (κ1) is 13.0. The van der Waals surface area contributed by atoms with Gasteiger partial charge in [-0.2, -0.15) is 0 Å². The molecule has 0 saturated heterocycles. The number of hydrogen-bond acceptors (Lipinski definition) is 0. The van der Waals surface area contributed by atoms with Crippen LogP contribution in [0.25, 0.3) is 0 Å². The van der Waals surface area contributed by atoms with Crippen molar-refractivity contribution in [1.82, 2.24) is 0 Å². The van der Waals surface area contributed by atoms with Crippen molar-refractivity contribution < 1.29 is 0 Å². The second-order valence-corrected chi connectivity index (χ2v) is 3.23. The summed E-state index contributed by atoms with van der Waals surface area (Å²) in [4.78, 5) is 0. The molecule has 0 aromatic rings. The molecule has 0 spiro atoms. The summed E-state index contributed by atoms with van der Waals surface area (Å²) >= 11 is 0. The summed E-state index contributed by atoms with van der Waals surface area (Å²) < 4.78 is 0. The van der Waals surface area contributed by atoms with E-state index >= 15 is 0 Å². The fraction of sp³-hybridized carbons (Fsp3) is 0.429. The Bertz CT molecular complexity index is 180. The Balaban J connectivity index is 0.000000255. The Morgan fingerprint density at radius 2 is 1.71 bits per heavy atom. The Kier molecular flexibility index (Phi) is 11.1. The van der Waals surface area contributed by atoms with Crippen LogP contribution in [0.1, 0.15) is 39.0 Å². The van der Waals surface area contributed by atoms with Crippen LogP contribution in [0.3, 0.4) is 0 Å². The zero-order chi connectivity index (χ0) is 10.5. The lowest BCUT2D eigenvalue weighted by atomic mass is 10.1. The van der Waals surface area contributed by atoms with Gasteiger partial charge in [-0.15, -0.1) is 6.58 Å². The minimum Gasteiger partial charge on any atom is -0.103 e. The van der Waals surface area contributed by atoms with Crippen LogP contribution in [0.4, 0.5) is 0 Å². The largest absolute Gasteiger partial charge is 0.103 e. The monoisotopic (exact) mass is 190 g/mol. The predicted octanol–water partition coefficient (Wildman–Crippen LogP) is 4.81. The Morgan fingerprint density at radius 3 is 2.07 bits per heavy atom. The molecule has 0 N–H and O–H groups in total. The third-order valence-electron chi connectivity index (χ3n) is 1.91. The summed E-state index contributed by atoms with van der Waals surface area (Å²) in [5, 5.41) is 0. The SMILES string of the molecule is C1=CCCCCC=C1.C=CCC=CC. The van der Waals surface area contributed by atoms with E-state index in [2.05, 4.69) is 37.0 Å². The molecule has 0 heterocycles. The summed E-state index contributed by atoms with van der Waals surface area (Å²) in [5.74, 6) is 0. The molecule has 0 bridgehead atoms. The van der Waals surface area contributed by atoms with Gasteiger partial charge in [0.15, 0.2) is 0 Å². The smallest absolute Gasteiger partial charge is 0.0172 e. The average Bonchev–Trinajstić information content (AvgIpc) is 2.14. The van der Waals surface area contributed by atoms with Crippen molar-refractivity contribution in [3.05, 3.63) is 49.1 Å². The molecule has 0 nitrogen and oxygen atoms in total. The molecular weight excluding hydrogens is 168 g/mol. The van der Waals surface area contributed by atoms with Crippen molar-refractivity contribution >= 4 is 0 Å². The molecule has 1 aliphatic rings. The lowest BCUT2D eigenvalue weighted by Gasteiger charge is -1.94. The minimum atomic E-state index is 0.997. The molecule has 14 heavy (non-hydrogen) atoms. The van der Waals surface area contributed by atoms with E-state index in [0.29, 0.717) is 0 Å². The first-order valence-corrected chi connectivity index (χ1v) is 5.45. The summed E-state index contributed by atoms with van der Waals surface area (Å²) in [7, 11) is 0. The van der Waals surface area contributed by atoms with Gasteiger partial charge in [-0.1, -0.05) is 42.5 Å². The highest BCUT2D eigenvalue weighted by molar-refractivity contribution is 5.03. The van der Waals surface area contributed by atoms with E-state index in [4.69, 9.17) is 0 Å². The molecule has 1 rings (SSSR count). The van der Waals surface area contributed by atoms with Gasteiger partial charge in [-0.25, -0.2) is 0 Å². The molecule has 0 aliphatic heterocycles. The molecule has 0 fully saturated rings. The fourth-order valence-corrected chi connectivity index (χ4v) is 1.11. The summed E-state index contributed by atoms with van der Waals surface area (Å²) in [6.45, 7) is 5.55. The lowest BCUT2D eigenvalue weighted by Crippen LogP contribution is -1.74. The molecule has 1 aliphatic carbocycles. The Labute approximate surface area is 88.7 Å². The molecule has 78 valence electrons. The molecule has 0 unspecified atom stereocenters. The van der Waals surface area contributed by atoms with Crippen LogP contribution in [-0.4, -0.2) is 0 Å². The number of hydrogen-bond donors (Lipinski definition) is 0. The van der Waals surface area contributed by atoms with Crippen molar-refractivity contribution in [2.45, 2.75) is 39.0 Å². The van der Waals surface area contributed by atoms with Crippen LogP contribution in [-0.2, 0) is 0 Å². The van der Waals surface area contributed by atoms with Gasteiger partial charge >= 0.3 is 0 Å². The van der Waals surface area contributed by atoms with Gasteiger partial charge in [0, 0.05) is 0 Å². The van der Waals surface area contributed by atoms with Crippen molar-refractivity contribution in [1.29, 1.82) is 0 Å². The highest BCUT2D eigenvalue weighted by atomic mass is 13.9. The van der Waals surface area contributed by atoms with Gasteiger partial charge in [-0.3, -0.25) is 0 Å². The maximum atomic E-state index is 3.55. The number of allylic oxidation sites excluding steroid dienone is 7. The summed E-state index contributed by atoms with van der Waals surface area (Å²) in [6, 6.07) is 0. The zero-order valence-electron chi connectivity index (χ0n) is 9.28. The van der Waals surface area contributed by atoms with E-state index in [1.165, 1.54) is 25.7 Å². The van der Waals surface area contributed by atoms with Crippen molar-refractivity contribution in [3.8, 4) is 0 Å². The highest BCUT2D eigenvalue weighted by Crippen LogP contribution is 2.04.